The van der Waals surface area contributed by atoms with Crippen LogP contribution in [0.25, 0.3) is 10.9 Å². The van der Waals surface area contributed by atoms with Gasteiger partial charge in [0.1, 0.15) is 0 Å². The van der Waals surface area contributed by atoms with Gasteiger partial charge in [0.25, 0.3) is 5.56 Å². The van der Waals surface area contributed by atoms with Crippen LogP contribution in [-0.4, -0.2) is 44.4 Å². The molecule has 1 aromatic carbocycles. The number of likely N-dealkylation sites (tertiary alicyclic amines) is 1. The molecule has 0 saturated carbocycles. The number of hydrogen-bond donors (Lipinski definition) is 3. The minimum absolute atomic E-state index is 0.0519. The largest absolute Gasteiger partial charge is 0.391 e. The first-order valence-corrected chi connectivity index (χ1v) is 9.02. The summed E-state index contributed by atoms with van der Waals surface area (Å²) in [7, 11) is 0. The van der Waals surface area contributed by atoms with Gasteiger partial charge in [-0.3, -0.25) is 14.8 Å². The number of benzene rings is 1. The van der Waals surface area contributed by atoms with E-state index in [1.165, 1.54) is 0 Å². The summed E-state index contributed by atoms with van der Waals surface area (Å²) in [4.78, 5) is 17.6. The third kappa shape index (κ3) is 3.43. The van der Waals surface area contributed by atoms with Gasteiger partial charge < -0.3 is 10.1 Å². The van der Waals surface area contributed by atoms with Crippen molar-refractivity contribution in [3.05, 3.63) is 63.2 Å². The predicted octanol–water partition coefficient (Wildman–Crippen LogP) is 1.90. The van der Waals surface area contributed by atoms with Crippen molar-refractivity contribution in [3.63, 3.8) is 0 Å². The molecule has 1 aliphatic rings. The summed E-state index contributed by atoms with van der Waals surface area (Å²) in [5.41, 5.74) is 4.69. The van der Waals surface area contributed by atoms with Crippen LogP contribution in [0.4, 0.5) is 0 Å². The number of fused-ring (bicyclic) bond motifs is 1. The number of nitrogens with one attached hydrogen (secondary N) is 2. The van der Waals surface area contributed by atoms with Gasteiger partial charge in [0.05, 0.1) is 11.8 Å². The first-order chi connectivity index (χ1) is 12.5. The number of aryl methyl sites for hydroxylation is 2. The van der Waals surface area contributed by atoms with E-state index in [-0.39, 0.29) is 11.5 Å². The minimum Gasteiger partial charge on any atom is -0.391 e. The van der Waals surface area contributed by atoms with Crippen LogP contribution in [-0.2, 0) is 13.0 Å². The molecule has 136 valence electrons. The number of aromatic nitrogens is 3. The van der Waals surface area contributed by atoms with Gasteiger partial charge in [0.15, 0.2) is 0 Å². The molecule has 1 saturated heterocycles. The molecule has 1 fully saturated rings. The van der Waals surface area contributed by atoms with Gasteiger partial charge in [-0.25, -0.2) is 0 Å². The lowest BCUT2D eigenvalue weighted by molar-refractivity contribution is 0.140. The quantitative estimate of drug-likeness (QED) is 0.670. The molecule has 3 N–H and O–H groups in total. The van der Waals surface area contributed by atoms with Crippen molar-refractivity contribution in [1.29, 1.82) is 0 Å². The van der Waals surface area contributed by atoms with E-state index < -0.39 is 6.10 Å². The van der Waals surface area contributed by atoms with Crippen LogP contribution < -0.4 is 5.56 Å². The average molecular weight is 352 g/mol. The Balaban J connectivity index is 1.49. The normalized spacial score (nSPS) is 20.9. The van der Waals surface area contributed by atoms with E-state index in [9.17, 15) is 9.90 Å². The smallest absolute Gasteiger partial charge is 0.252 e. The number of pyridine rings is 1. The van der Waals surface area contributed by atoms with E-state index in [1.54, 1.807) is 0 Å². The van der Waals surface area contributed by atoms with Crippen LogP contribution in [0.1, 0.15) is 22.5 Å². The highest BCUT2D eigenvalue weighted by Gasteiger charge is 2.32. The Hall–Kier alpha value is -2.44. The van der Waals surface area contributed by atoms with Gasteiger partial charge in [-0.1, -0.05) is 12.1 Å². The summed E-state index contributed by atoms with van der Waals surface area (Å²) in [6.45, 7) is 5.88. The molecule has 26 heavy (non-hydrogen) atoms. The Morgan fingerprint density at radius 3 is 2.85 bits per heavy atom. The zero-order valence-electron chi connectivity index (χ0n) is 15.1. The first kappa shape index (κ1) is 17.0. The maximum Gasteiger partial charge on any atom is 0.252 e. The summed E-state index contributed by atoms with van der Waals surface area (Å²) in [5, 5.41) is 18.7. The summed E-state index contributed by atoms with van der Waals surface area (Å²) in [5.74, 6) is 0.139. The highest BCUT2D eigenvalue weighted by atomic mass is 16.3. The van der Waals surface area contributed by atoms with Crippen LogP contribution >= 0.6 is 0 Å². The maximum atomic E-state index is 12.4. The fourth-order valence-corrected chi connectivity index (χ4v) is 3.84. The van der Waals surface area contributed by atoms with E-state index in [0.717, 1.165) is 46.4 Å². The molecule has 0 radical (unpaired) electrons. The summed E-state index contributed by atoms with van der Waals surface area (Å²) < 4.78 is 0. The van der Waals surface area contributed by atoms with Crippen LogP contribution in [0.2, 0.25) is 0 Å². The number of H-pyrrole nitrogens is 2. The van der Waals surface area contributed by atoms with Crippen molar-refractivity contribution in [1.82, 2.24) is 20.1 Å². The standard InChI is InChI=1S/C20H24N4O2/c1-12-3-4-14-7-16(20(26)21-18(14)5-12)10-24-9-15(19(25)11-24)8-17-6-13(2)22-23-17/h3-7,15,19,25H,8-11H2,1-2H3,(H,21,26)(H,22,23)/t15-,19-/m1/s1. The van der Waals surface area contributed by atoms with E-state index in [0.29, 0.717) is 13.1 Å². The number of aliphatic hydroxyl groups is 1. The SMILES string of the molecule is Cc1ccc2cc(CN3C[C@@H](Cc4cc(C)[nH]n4)[C@H](O)C3)c(=O)[nH]c2c1. The van der Waals surface area contributed by atoms with Crippen LogP contribution in [0.5, 0.6) is 0 Å². The molecule has 1 aliphatic heterocycles. The van der Waals surface area contributed by atoms with Gasteiger partial charge in [0.2, 0.25) is 0 Å². The lowest BCUT2D eigenvalue weighted by Gasteiger charge is -2.15. The Morgan fingerprint density at radius 2 is 2.08 bits per heavy atom. The Morgan fingerprint density at radius 1 is 1.23 bits per heavy atom. The number of rotatable bonds is 4. The maximum absolute atomic E-state index is 12.4. The predicted molar refractivity (Wildman–Crippen MR) is 101 cm³/mol. The van der Waals surface area contributed by atoms with Crippen LogP contribution in [0, 0.1) is 19.8 Å². The molecule has 0 bridgehead atoms. The minimum atomic E-state index is -0.394. The second kappa shape index (κ2) is 6.70. The molecule has 3 aromatic rings. The Bertz CT molecular complexity index is 991. The lowest BCUT2D eigenvalue weighted by atomic mass is 10.0. The monoisotopic (exact) mass is 352 g/mol. The number of aromatic amines is 2. The summed E-state index contributed by atoms with van der Waals surface area (Å²) >= 11 is 0. The average Bonchev–Trinajstić information content (AvgIpc) is 3.14. The molecular weight excluding hydrogens is 328 g/mol. The first-order valence-electron chi connectivity index (χ1n) is 9.02. The lowest BCUT2D eigenvalue weighted by Crippen LogP contribution is -2.25. The van der Waals surface area contributed by atoms with Crippen molar-refractivity contribution in [3.8, 4) is 0 Å². The highest BCUT2D eigenvalue weighted by molar-refractivity contribution is 5.79. The van der Waals surface area contributed by atoms with Crippen molar-refractivity contribution in [2.45, 2.75) is 32.9 Å². The van der Waals surface area contributed by atoms with Crippen molar-refractivity contribution in [2.24, 2.45) is 5.92 Å². The summed E-state index contributed by atoms with van der Waals surface area (Å²) in [6.07, 6.45) is 0.351. The molecule has 2 atom stereocenters. The number of nitrogens with zero attached hydrogens (tertiary/aromatic N) is 2. The van der Waals surface area contributed by atoms with Gasteiger partial charge in [-0.15, -0.1) is 0 Å². The second-order valence-corrected chi connectivity index (χ2v) is 7.48. The molecular formula is C20H24N4O2. The van der Waals surface area contributed by atoms with Crippen molar-refractivity contribution >= 4 is 10.9 Å². The van der Waals surface area contributed by atoms with E-state index in [2.05, 4.69) is 20.1 Å². The molecule has 0 unspecified atom stereocenters. The molecule has 0 aliphatic carbocycles. The van der Waals surface area contributed by atoms with Gasteiger partial charge in [-0.2, -0.15) is 5.10 Å². The van der Waals surface area contributed by atoms with Crippen LogP contribution in [0.15, 0.2) is 35.1 Å². The topological polar surface area (TPSA) is 85.0 Å². The Labute approximate surface area is 151 Å². The fraction of sp³-hybridized carbons (Fsp3) is 0.400. The van der Waals surface area contributed by atoms with Gasteiger partial charge >= 0.3 is 0 Å². The highest BCUT2D eigenvalue weighted by Crippen LogP contribution is 2.23. The second-order valence-electron chi connectivity index (χ2n) is 7.48. The number of β-amino-alcohol motifs (C(OH)–C–C–N with tert-alkyl or cyclic N) is 1. The number of aliphatic hydroxyl groups excluding tert-OH is 1. The molecule has 6 nitrogen and oxygen atoms in total. The summed E-state index contributed by atoms with van der Waals surface area (Å²) in [6, 6.07) is 10.1. The van der Waals surface area contributed by atoms with E-state index in [1.807, 2.05) is 44.2 Å². The van der Waals surface area contributed by atoms with E-state index >= 15 is 0 Å². The van der Waals surface area contributed by atoms with Gasteiger partial charge in [0, 0.05) is 42.3 Å². The van der Waals surface area contributed by atoms with Crippen LogP contribution in [0.3, 0.4) is 0 Å². The van der Waals surface area contributed by atoms with E-state index in [4.69, 9.17) is 0 Å². The zero-order chi connectivity index (χ0) is 18.3. The molecule has 0 amide bonds. The number of hydrogen-bond acceptors (Lipinski definition) is 4. The molecule has 0 spiro atoms. The van der Waals surface area contributed by atoms with Crippen molar-refractivity contribution < 1.29 is 5.11 Å². The molecule has 2 aromatic heterocycles. The Kier molecular flexibility index (Phi) is 4.38. The fourth-order valence-electron chi connectivity index (χ4n) is 3.84. The molecule has 4 rings (SSSR count). The third-order valence-corrected chi connectivity index (χ3v) is 5.18. The zero-order valence-corrected chi connectivity index (χ0v) is 15.1. The third-order valence-electron chi connectivity index (χ3n) is 5.18. The molecule has 6 heteroatoms. The molecule has 3 heterocycles. The van der Waals surface area contributed by atoms with Crippen molar-refractivity contribution in [2.75, 3.05) is 13.1 Å². The van der Waals surface area contributed by atoms with Gasteiger partial charge in [-0.05, 0) is 49.4 Å².